The first kappa shape index (κ1) is 26.7. The topological polar surface area (TPSA) is 46.5 Å². The van der Waals surface area contributed by atoms with Crippen molar-refractivity contribution in [3.05, 3.63) is 22.3 Å². The molecule has 1 N–H and O–H groups in total. The van der Waals surface area contributed by atoms with E-state index in [9.17, 15) is 9.90 Å². The predicted octanol–water partition coefficient (Wildman–Crippen LogP) is 8.48. The van der Waals surface area contributed by atoms with E-state index in [0.29, 0.717) is 23.3 Å². The maximum atomic E-state index is 13.0. The van der Waals surface area contributed by atoms with Crippen molar-refractivity contribution >= 4 is 5.78 Å². The van der Waals surface area contributed by atoms with Crippen LogP contribution in [0.3, 0.4) is 0 Å². The second kappa shape index (κ2) is 11.6. The molecule has 0 saturated heterocycles. The molecular formula is C29H48O3. The molecule has 0 bridgehead atoms. The number of ether oxygens (including phenoxy) is 1. The van der Waals surface area contributed by atoms with E-state index < -0.39 is 5.60 Å². The van der Waals surface area contributed by atoms with Crippen LogP contribution in [0.25, 0.3) is 0 Å². The van der Waals surface area contributed by atoms with E-state index in [0.717, 1.165) is 41.7 Å². The van der Waals surface area contributed by atoms with E-state index in [1.54, 1.807) is 0 Å². The average molecular weight is 445 g/mol. The normalized spacial score (nSPS) is 20.2. The van der Waals surface area contributed by atoms with Crippen LogP contribution in [0.2, 0.25) is 0 Å². The number of aromatic hydroxyl groups is 1. The molecule has 3 nitrogen and oxygen atoms in total. The van der Waals surface area contributed by atoms with Gasteiger partial charge in [0, 0.05) is 5.56 Å². The standard InChI is InChI=1S/C29H48O3/c1-19(2)12-9-13-20(3)14-10-15-21(4)16-11-17-29(8)18-25(30)26-24(7)27(31)22(5)23(6)28(26)32-29/h19-21,31H,9-18H2,1-8H3/t20-,21-,29-/m1/s1. The number of Topliss-reactive ketones (excluding diaryl/α,β-unsaturated/α-hetero) is 1. The lowest BCUT2D eigenvalue weighted by Crippen LogP contribution is -2.40. The molecule has 0 saturated carbocycles. The molecule has 1 heterocycles. The summed E-state index contributed by atoms with van der Waals surface area (Å²) in [6.07, 6.45) is 11.6. The van der Waals surface area contributed by atoms with Crippen molar-refractivity contribution in [1.82, 2.24) is 0 Å². The van der Waals surface area contributed by atoms with Gasteiger partial charge in [0.05, 0.1) is 12.0 Å². The highest BCUT2D eigenvalue weighted by molar-refractivity contribution is 6.03. The molecule has 0 aromatic heterocycles. The molecular weight excluding hydrogens is 396 g/mol. The second-order valence-corrected chi connectivity index (χ2v) is 11.4. The van der Waals surface area contributed by atoms with Crippen molar-refractivity contribution in [3.8, 4) is 11.5 Å². The number of ketones is 1. The van der Waals surface area contributed by atoms with Crippen molar-refractivity contribution in [2.24, 2.45) is 17.8 Å². The fraction of sp³-hybridized carbons (Fsp3) is 0.759. The minimum absolute atomic E-state index is 0.101. The zero-order valence-electron chi connectivity index (χ0n) is 22.1. The molecule has 32 heavy (non-hydrogen) atoms. The lowest BCUT2D eigenvalue weighted by Gasteiger charge is -2.37. The summed E-state index contributed by atoms with van der Waals surface area (Å²) < 4.78 is 6.45. The number of fused-ring (bicyclic) bond motifs is 1. The Kier molecular flexibility index (Phi) is 9.67. The SMILES string of the molecule is Cc1c(C)c2c(c(C)c1O)C(=O)C[C@@](C)(CCC[C@H](C)CCC[C@H](C)CCCC(C)C)O2. The summed E-state index contributed by atoms with van der Waals surface area (Å²) in [7, 11) is 0. The zero-order chi connectivity index (χ0) is 24.1. The van der Waals surface area contributed by atoms with Gasteiger partial charge in [0.15, 0.2) is 5.78 Å². The van der Waals surface area contributed by atoms with E-state index in [1.807, 2.05) is 20.8 Å². The summed E-state index contributed by atoms with van der Waals surface area (Å²) in [5.41, 5.74) is 2.49. The number of phenols is 1. The molecule has 1 aliphatic heterocycles. The smallest absolute Gasteiger partial charge is 0.170 e. The van der Waals surface area contributed by atoms with Crippen LogP contribution >= 0.6 is 0 Å². The minimum atomic E-state index is -0.449. The molecule has 3 heteroatoms. The van der Waals surface area contributed by atoms with Gasteiger partial charge in [-0.05, 0) is 69.4 Å². The molecule has 0 amide bonds. The van der Waals surface area contributed by atoms with E-state index in [2.05, 4.69) is 34.6 Å². The number of rotatable bonds is 12. The first-order chi connectivity index (χ1) is 14.9. The molecule has 1 aliphatic rings. The van der Waals surface area contributed by atoms with Gasteiger partial charge < -0.3 is 9.84 Å². The third kappa shape index (κ3) is 6.99. The van der Waals surface area contributed by atoms with E-state index in [4.69, 9.17) is 4.74 Å². The number of phenolic OH excluding ortho intramolecular Hbond substituents is 1. The quantitative estimate of drug-likeness (QED) is 0.351. The summed E-state index contributed by atoms with van der Waals surface area (Å²) in [5.74, 6) is 3.41. The molecule has 0 radical (unpaired) electrons. The Labute approximate surface area is 197 Å². The fourth-order valence-electron chi connectivity index (χ4n) is 5.22. The van der Waals surface area contributed by atoms with Gasteiger partial charge in [0.2, 0.25) is 0 Å². The molecule has 0 spiro atoms. The summed E-state index contributed by atoms with van der Waals surface area (Å²) >= 11 is 0. The number of hydrogen-bond donors (Lipinski definition) is 1. The van der Waals surface area contributed by atoms with Gasteiger partial charge in [-0.2, -0.15) is 0 Å². The van der Waals surface area contributed by atoms with Crippen LogP contribution in [-0.2, 0) is 0 Å². The third-order valence-electron chi connectivity index (χ3n) is 7.65. The monoisotopic (exact) mass is 444 g/mol. The highest BCUT2D eigenvalue weighted by Crippen LogP contribution is 2.44. The maximum absolute atomic E-state index is 13.0. The Hall–Kier alpha value is -1.51. The van der Waals surface area contributed by atoms with Crippen molar-refractivity contribution in [1.29, 1.82) is 0 Å². The van der Waals surface area contributed by atoms with Crippen LogP contribution in [0.15, 0.2) is 0 Å². The van der Waals surface area contributed by atoms with Crippen LogP contribution in [0.4, 0.5) is 0 Å². The van der Waals surface area contributed by atoms with Gasteiger partial charge in [0.25, 0.3) is 0 Å². The van der Waals surface area contributed by atoms with Crippen LogP contribution in [0, 0.1) is 38.5 Å². The number of benzene rings is 1. The molecule has 1 aromatic carbocycles. The Morgan fingerprint density at radius 2 is 1.38 bits per heavy atom. The fourth-order valence-corrected chi connectivity index (χ4v) is 5.22. The first-order valence-electron chi connectivity index (χ1n) is 13.0. The summed E-state index contributed by atoms with van der Waals surface area (Å²) in [5, 5.41) is 10.4. The molecule has 2 rings (SSSR count). The Morgan fingerprint density at radius 3 is 1.94 bits per heavy atom. The highest BCUT2D eigenvalue weighted by atomic mass is 16.5. The Balaban J connectivity index is 1.80. The molecule has 0 unspecified atom stereocenters. The van der Waals surface area contributed by atoms with Crippen molar-refractivity contribution in [2.45, 2.75) is 125 Å². The van der Waals surface area contributed by atoms with Crippen LogP contribution < -0.4 is 4.74 Å². The lowest BCUT2D eigenvalue weighted by atomic mass is 9.83. The zero-order valence-corrected chi connectivity index (χ0v) is 22.1. The Bertz CT molecular complexity index is 779. The number of hydrogen-bond acceptors (Lipinski definition) is 3. The molecule has 1 aromatic rings. The number of carbonyl (C=O) groups excluding carboxylic acids is 1. The molecule has 182 valence electrons. The summed E-state index contributed by atoms with van der Waals surface area (Å²) in [4.78, 5) is 13.0. The summed E-state index contributed by atoms with van der Waals surface area (Å²) in [6, 6.07) is 0. The summed E-state index contributed by atoms with van der Waals surface area (Å²) in [6.45, 7) is 17.1. The maximum Gasteiger partial charge on any atom is 0.170 e. The van der Waals surface area contributed by atoms with Crippen molar-refractivity contribution < 1.29 is 14.6 Å². The van der Waals surface area contributed by atoms with E-state index in [1.165, 1.54) is 44.9 Å². The molecule has 0 aliphatic carbocycles. The number of carbonyl (C=O) groups is 1. The van der Waals surface area contributed by atoms with Crippen molar-refractivity contribution in [3.63, 3.8) is 0 Å². The van der Waals surface area contributed by atoms with Gasteiger partial charge in [-0.25, -0.2) is 0 Å². The largest absolute Gasteiger partial charge is 0.507 e. The molecule has 3 atom stereocenters. The second-order valence-electron chi connectivity index (χ2n) is 11.4. The lowest BCUT2D eigenvalue weighted by molar-refractivity contribution is 0.0438. The van der Waals surface area contributed by atoms with E-state index >= 15 is 0 Å². The average Bonchev–Trinajstić information content (AvgIpc) is 2.69. The van der Waals surface area contributed by atoms with Gasteiger partial charge in [-0.3, -0.25) is 4.79 Å². The van der Waals surface area contributed by atoms with Crippen LogP contribution in [0.1, 0.15) is 126 Å². The van der Waals surface area contributed by atoms with Gasteiger partial charge >= 0.3 is 0 Å². The van der Waals surface area contributed by atoms with Crippen LogP contribution in [0.5, 0.6) is 11.5 Å². The van der Waals surface area contributed by atoms with Gasteiger partial charge in [-0.15, -0.1) is 0 Å². The predicted molar refractivity (Wildman–Crippen MR) is 135 cm³/mol. The first-order valence-corrected chi connectivity index (χ1v) is 13.0. The molecule has 0 fully saturated rings. The van der Waals surface area contributed by atoms with Gasteiger partial charge in [-0.1, -0.05) is 72.6 Å². The van der Waals surface area contributed by atoms with Crippen LogP contribution in [-0.4, -0.2) is 16.5 Å². The Morgan fingerprint density at radius 1 is 0.844 bits per heavy atom. The van der Waals surface area contributed by atoms with E-state index in [-0.39, 0.29) is 11.5 Å². The highest BCUT2D eigenvalue weighted by Gasteiger charge is 2.39. The third-order valence-corrected chi connectivity index (χ3v) is 7.65. The van der Waals surface area contributed by atoms with Gasteiger partial charge in [0.1, 0.15) is 17.1 Å². The minimum Gasteiger partial charge on any atom is -0.507 e. The van der Waals surface area contributed by atoms with Crippen molar-refractivity contribution in [2.75, 3.05) is 0 Å².